The number of carbonyl (C=O) groups is 2. The summed E-state index contributed by atoms with van der Waals surface area (Å²) in [6.07, 6.45) is 9.73. The molecule has 1 aliphatic heterocycles. The number of rotatable bonds is 1. The predicted octanol–water partition coefficient (Wildman–Crippen LogP) is 6.31. The monoisotopic (exact) mass is 494 g/mol. The van der Waals surface area contributed by atoms with Crippen LogP contribution in [0.1, 0.15) is 80.1 Å². The highest BCUT2D eigenvalue weighted by atomic mass is 16.5. The molecule has 5 aliphatic carbocycles. The van der Waals surface area contributed by atoms with Crippen molar-refractivity contribution < 1.29 is 24.2 Å². The number of ether oxygens (including phenoxy) is 2. The summed E-state index contributed by atoms with van der Waals surface area (Å²) in [5.74, 6) is 1.99. The summed E-state index contributed by atoms with van der Waals surface area (Å²) < 4.78 is 11.8. The maximum atomic E-state index is 13.4. The summed E-state index contributed by atoms with van der Waals surface area (Å²) in [6.45, 7) is 14.0. The first-order valence-corrected chi connectivity index (χ1v) is 13.9. The largest absolute Gasteiger partial charge is 0.505 e. The average molecular weight is 495 g/mol. The van der Waals surface area contributed by atoms with Crippen LogP contribution in [0.2, 0.25) is 0 Å². The molecule has 6 rings (SSSR count). The highest BCUT2D eigenvalue weighted by Gasteiger charge is 2.71. The lowest BCUT2D eigenvalue weighted by Crippen LogP contribution is -2.62. The zero-order chi connectivity index (χ0) is 26.1. The van der Waals surface area contributed by atoms with Gasteiger partial charge in [0.05, 0.1) is 23.7 Å². The third-order valence-electron chi connectivity index (χ3n) is 12.6. The van der Waals surface area contributed by atoms with Crippen molar-refractivity contribution in [3.05, 3.63) is 34.8 Å². The second-order valence-corrected chi connectivity index (χ2v) is 13.9. The number of aliphatic hydroxyl groups is 1. The molecule has 0 saturated heterocycles. The number of aliphatic hydroxyl groups excluding tert-OH is 1. The van der Waals surface area contributed by atoms with E-state index < -0.39 is 16.2 Å². The number of methoxy groups -OCH3 is 1. The Morgan fingerprint density at radius 3 is 2.56 bits per heavy atom. The molecule has 5 nitrogen and oxygen atoms in total. The van der Waals surface area contributed by atoms with Gasteiger partial charge in [0.15, 0.2) is 5.76 Å². The van der Waals surface area contributed by atoms with E-state index in [4.69, 9.17) is 9.47 Å². The molecular formula is C31H42O5. The van der Waals surface area contributed by atoms with Crippen LogP contribution in [0.4, 0.5) is 0 Å². The zero-order valence-corrected chi connectivity index (χ0v) is 23.0. The normalized spacial score (nSPS) is 51.1. The third-order valence-corrected chi connectivity index (χ3v) is 12.6. The summed E-state index contributed by atoms with van der Waals surface area (Å²) >= 11 is 0. The number of esters is 1. The van der Waals surface area contributed by atoms with E-state index in [1.807, 2.05) is 13.0 Å². The Balaban J connectivity index is 1.53. The third kappa shape index (κ3) is 2.49. The Kier molecular flexibility index (Phi) is 4.78. The summed E-state index contributed by atoms with van der Waals surface area (Å²) in [7, 11) is 1.55. The van der Waals surface area contributed by atoms with Crippen molar-refractivity contribution in [2.45, 2.75) is 80.1 Å². The molecule has 0 radical (unpaired) electrons. The highest BCUT2D eigenvalue weighted by Crippen LogP contribution is 2.75. The van der Waals surface area contributed by atoms with E-state index in [0.29, 0.717) is 18.4 Å². The maximum Gasteiger partial charge on any atom is 0.312 e. The lowest BCUT2D eigenvalue weighted by molar-refractivity contribution is -0.171. The lowest BCUT2D eigenvalue weighted by Gasteiger charge is -2.67. The van der Waals surface area contributed by atoms with Gasteiger partial charge in [0, 0.05) is 11.8 Å². The average Bonchev–Trinajstić information content (AvgIpc) is 3.18. The van der Waals surface area contributed by atoms with E-state index >= 15 is 0 Å². The molecule has 1 N–H and O–H groups in total. The number of Topliss-reactive ketones (excluding diaryl/α,β-unsaturated/α-hetero) is 1. The number of carbonyl (C=O) groups excluding carboxylic acids is 2. The lowest BCUT2D eigenvalue weighted by atomic mass is 9.35. The Labute approximate surface area is 215 Å². The number of fused-ring (bicyclic) bond motifs is 6. The molecule has 9 atom stereocenters. The van der Waals surface area contributed by atoms with E-state index in [0.717, 1.165) is 49.9 Å². The van der Waals surface area contributed by atoms with Gasteiger partial charge in [-0.1, -0.05) is 46.3 Å². The van der Waals surface area contributed by atoms with E-state index in [9.17, 15) is 14.7 Å². The molecule has 2 saturated carbocycles. The molecular weight excluding hydrogens is 452 g/mol. The Morgan fingerprint density at radius 1 is 1.14 bits per heavy atom. The van der Waals surface area contributed by atoms with Gasteiger partial charge in [0.25, 0.3) is 0 Å². The Morgan fingerprint density at radius 2 is 1.86 bits per heavy atom. The van der Waals surface area contributed by atoms with Crippen LogP contribution in [-0.2, 0) is 19.1 Å². The number of allylic oxidation sites excluding steroid dienone is 5. The molecule has 5 heteroatoms. The molecule has 36 heavy (non-hydrogen) atoms. The van der Waals surface area contributed by atoms with Crippen molar-refractivity contribution >= 4 is 11.8 Å². The molecule has 0 aromatic rings. The molecule has 0 aromatic carbocycles. The number of hydrogen-bond donors (Lipinski definition) is 1. The summed E-state index contributed by atoms with van der Waals surface area (Å²) in [6, 6.07) is 0. The van der Waals surface area contributed by atoms with Crippen LogP contribution in [0, 0.1) is 50.7 Å². The van der Waals surface area contributed by atoms with E-state index in [1.165, 1.54) is 5.57 Å². The maximum absolute atomic E-state index is 13.4. The Hall–Kier alpha value is -2.04. The van der Waals surface area contributed by atoms with E-state index in [1.54, 1.807) is 7.11 Å². The fourth-order valence-electron chi connectivity index (χ4n) is 10.4. The van der Waals surface area contributed by atoms with Gasteiger partial charge < -0.3 is 14.6 Å². The molecule has 0 bridgehead atoms. The molecule has 0 spiro atoms. The van der Waals surface area contributed by atoms with Crippen molar-refractivity contribution in [2.75, 3.05) is 13.7 Å². The van der Waals surface area contributed by atoms with E-state index in [2.05, 4.69) is 40.7 Å². The first kappa shape index (κ1) is 24.3. The smallest absolute Gasteiger partial charge is 0.312 e. The number of hydrogen-bond acceptors (Lipinski definition) is 5. The molecule has 2 fully saturated rings. The Bertz CT molecular complexity index is 1160. The van der Waals surface area contributed by atoms with Crippen LogP contribution in [0.15, 0.2) is 34.8 Å². The van der Waals surface area contributed by atoms with Crippen LogP contribution in [0.25, 0.3) is 0 Å². The summed E-state index contributed by atoms with van der Waals surface area (Å²) in [5.41, 5.74) is 0.642. The molecule has 6 aliphatic rings. The van der Waals surface area contributed by atoms with Gasteiger partial charge in [-0.05, 0) is 85.2 Å². The van der Waals surface area contributed by atoms with Crippen molar-refractivity contribution in [3.63, 3.8) is 0 Å². The predicted molar refractivity (Wildman–Crippen MR) is 137 cm³/mol. The van der Waals surface area contributed by atoms with Crippen LogP contribution in [0.5, 0.6) is 0 Å². The highest BCUT2D eigenvalue weighted by molar-refractivity contribution is 6.02. The fraction of sp³-hybridized carbons (Fsp3) is 0.742. The standard InChI is InChI=1S/C31H42O5/c1-17-10-11-31(26(34)35-7)13-12-29(5)19(23(31)18(17)2)8-9-22-27(3)14-20(32)25(33)28(4)16-36-21(24(27)28)15-30(22,29)6/h8,14,17-18,22-23,32H,9-13,15-16H2,1-7H3/t17-,18+,22-,23-,27-,28+,29-,30-,31+/m1/s1. The van der Waals surface area contributed by atoms with Gasteiger partial charge in [-0.2, -0.15) is 0 Å². The number of ketones is 1. The van der Waals surface area contributed by atoms with Gasteiger partial charge >= 0.3 is 5.97 Å². The van der Waals surface area contributed by atoms with Gasteiger partial charge in [0.2, 0.25) is 5.78 Å². The van der Waals surface area contributed by atoms with Crippen molar-refractivity contribution in [2.24, 2.45) is 50.7 Å². The topological polar surface area (TPSA) is 72.8 Å². The van der Waals surface area contributed by atoms with Crippen LogP contribution >= 0.6 is 0 Å². The molecule has 0 amide bonds. The zero-order valence-electron chi connectivity index (χ0n) is 23.0. The minimum Gasteiger partial charge on any atom is -0.505 e. The molecule has 1 heterocycles. The summed E-state index contributed by atoms with van der Waals surface area (Å²) in [4.78, 5) is 26.5. The SMILES string of the molecule is COC(=O)[C@]12CC[C@@H](C)[C@H](C)[C@@H]1C1=CC[C@@H]3[C@@]4(C)C=C(O)C(=O)[C@@]5(C)COC(=C54)C[C@@]3(C)[C@]1(C)CC2. The van der Waals surface area contributed by atoms with Crippen molar-refractivity contribution in [1.82, 2.24) is 0 Å². The second-order valence-electron chi connectivity index (χ2n) is 13.9. The summed E-state index contributed by atoms with van der Waals surface area (Å²) in [5, 5.41) is 10.8. The van der Waals surface area contributed by atoms with Crippen molar-refractivity contribution in [1.29, 1.82) is 0 Å². The van der Waals surface area contributed by atoms with Crippen LogP contribution < -0.4 is 0 Å². The van der Waals surface area contributed by atoms with Crippen LogP contribution in [0.3, 0.4) is 0 Å². The first-order valence-electron chi connectivity index (χ1n) is 13.9. The molecule has 196 valence electrons. The molecule has 0 aromatic heterocycles. The minimum absolute atomic E-state index is 0.0318. The van der Waals surface area contributed by atoms with Crippen molar-refractivity contribution in [3.8, 4) is 0 Å². The van der Waals surface area contributed by atoms with Gasteiger partial charge in [-0.25, -0.2) is 0 Å². The molecule has 0 unspecified atom stereocenters. The van der Waals surface area contributed by atoms with Gasteiger partial charge in [0.1, 0.15) is 6.61 Å². The minimum atomic E-state index is -0.783. The van der Waals surface area contributed by atoms with Gasteiger partial charge in [-0.15, -0.1) is 0 Å². The fourth-order valence-corrected chi connectivity index (χ4v) is 10.4. The second kappa shape index (κ2) is 7.08. The van der Waals surface area contributed by atoms with E-state index in [-0.39, 0.29) is 40.2 Å². The first-order chi connectivity index (χ1) is 16.8. The van der Waals surface area contributed by atoms with Crippen LogP contribution in [-0.4, -0.2) is 30.6 Å². The quantitative estimate of drug-likeness (QED) is 0.342. The van der Waals surface area contributed by atoms with Gasteiger partial charge in [-0.3, -0.25) is 9.59 Å².